The lowest BCUT2D eigenvalue weighted by atomic mass is 9.81. The second kappa shape index (κ2) is 5.61. The highest BCUT2D eigenvalue weighted by Gasteiger charge is 2.32. The Labute approximate surface area is 115 Å². The van der Waals surface area contributed by atoms with Gasteiger partial charge in [0.05, 0.1) is 12.5 Å². The quantitative estimate of drug-likeness (QED) is 0.516. The lowest BCUT2D eigenvalue weighted by Crippen LogP contribution is -2.45. The predicted molar refractivity (Wildman–Crippen MR) is 77.1 cm³/mol. The Kier molecular flexibility index (Phi) is 4.58. The monoisotopic (exact) mass is 264 g/mol. The molecule has 0 aromatic heterocycles. The van der Waals surface area contributed by atoms with Crippen molar-refractivity contribution in [3.05, 3.63) is 29.3 Å². The Balaban J connectivity index is 3.29. The van der Waals surface area contributed by atoms with Crippen LogP contribution in [0.1, 0.15) is 44.7 Å². The number of hydrogen-bond acceptors (Lipinski definition) is 3. The number of amides is 1. The molecule has 0 saturated heterocycles. The van der Waals surface area contributed by atoms with Crippen LogP contribution >= 0.6 is 0 Å². The minimum absolute atomic E-state index is 0.118. The summed E-state index contributed by atoms with van der Waals surface area (Å²) < 4.78 is 5.36. The molecule has 1 amide bonds. The van der Waals surface area contributed by atoms with Gasteiger partial charge in [-0.05, 0) is 37.0 Å². The van der Waals surface area contributed by atoms with Crippen molar-refractivity contribution in [3.63, 3.8) is 0 Å². The molecule has 0 unspecified atom stereocenters. The maximum atomic E-state index is 12.2. The Hall–Kier alpha value is -1.55. The number of nitrogens with two attached hydrogens (primary N) is 1. The van der Waals surface area contributed by atoms with Crippen LogP contribution in [-0.4, -0.2) is 25.1 Å². The summed E-state index contributed by atoms with van der Waals surface area (Å²) in [6, 6.07) is 5.87. The van der Waals surface area contributed by atoms with Crippen LogP contribution in [0, 0.1) is 0 Å². The van der Waals surface area contributed by atoms with Crippen molar-refractivity contribution in [1.29, 1.82) is 0 Å². The van der Waals surface area contributed by atoms with Gasteiger partial charge >= 0.3 is 0 Å². The summed E-state index contributed by atoms with van der Waals surface area (Å²) in [6.07, 6.45) is 0. The van der Waals surface area contributed by atoms with Gasteiger partial charge in [-0.2, -0.15) is 0 Å². The minimum Gasteiger partial charge on any atom is -0.496 e. The topological polar surface area (TPSA) is 55.6 Å². The first-order chi connectivity index (χ1) is 8.71. The normalized spacial score (nSPS) is 11.6. The van der Waals surface area contributed by atoms with E-state index in [0.29, 0.717) is 5.92 Å². The van der Waals surface area contributed by atoms with Gasteiger partial charge in [0.25, 0.3) is 0 Å². The van der Waals surface area contributed by atoms with Crippen LogP contribution in [0.2, 0.25) is 0 Å². The van der Waals surface area contributed by atoms with Gasteiger partial charge in [-0.3, -0.25) is 9.80 Å². The number of carbonyl (C=O) groups is 1. The van der Waals surface area contributed by atoms with Gasteiger partial charge in [0.1, 0.15) is 5.75 Å². The second-order valence-electron chi connectivity index (χ2n) is 5.65. The van der Waals surface area contributed by atoms with E-state index in [1.165, 1.54) is 0 Å². The number of rotatable bonds is 4. The summed E-state index contributed by atoms with van der Waals surface area (Å²) in [4.78, 5) is 12.2. The van der Waals surface area contributed by atoms with E-state index in [4.69, 9.17) is 10.6 Å². The molecule has 0 atom stereocenters. The maximum absolute atomic E-state index is 12.2. The third-order valence-electron chi connectivity index (χ3n) is 3.43. The third-order valence-corrected chi connectivity index (χ3v) is 3.43. The first-order valence-electron chi connectivity index (χ1n) is 6.43. The van der Waals surface area contributed by atoms with Crippen molar-refractivity contribution >= 4 is 5.91 Å². The molecule has 1 aromatic carbocycles. The standard InChI is InChI=1S/C15H24N2O2/c1-10(2)12-9-11(7-8-13(12)19-6)15(3,4)14(18)17(5)16/h7-10H,16H2,1-6H3. The second-order valence-corrected chi connectivity index (χ2v) is 5.65. The third kappa shape index (κ3) is 3.07. The number of ether oxygens (including phenoxy) is 1. The summed E-state index contributed by atoms with van der Waals surface area (Å²) >= 11 is 0. The van der Waals surface area contributed by atoms with Gasteiger partial charge in [-0.1, -0.05) is 26.0 Å². The van der Waals surface area contributed by atoms with Crippen LogP contribution in [0.25, 0.3) is 0 Å². The largest absolute Gasteiger partial charge is 0.496 e. The first kappa shape index (κ1) is 15.5. The molecule has 4 nitrogen and oxygen atoms in total. The molecule has 2 N–H and O–H groups in total. The summed E-state index contributed by atoms with van der Waals surface area (Å²) in [5.41, 5.74) is 1.39. The van der Waals surface area contributed by atoms with Gasteiger partial charge < -0.3 is 4.74 Å². The summed E-state index contributed by atoms with van der Waals surface area (Å²) in [7, 11) is 3.22. The molecule has 19 heavy (non-hydrogen) atoms. The fourth-order valence-corrected chi connectivity index (χ4v) is 2.14. The summed E-state index contributed by atoms with van der Waals surface area (Å²) in [5, 5.41) is 1.14. The molecular formula is C15H24N2O2. The van der Waals surface area contributed by atoms with Crippen molar-refractivity contribution in [2.24, 2.45) is 5.84 Å². The number of likely N-dealkylation sites (N-methyl/N-ethyl adjacent to an activating group) is 1. The predicted octanol–water partition coefficient (Wildman–Crippen LogP) is 2.43. The van der Waals surface area contributed by atoms with Gasteiger partial charge in [0.2, 0.25) is 5.91 Å². The molecule has 0 aliphatic carbocycles. The van der Waals surface area contributed by atoms with Crippen LogP contribution in [0.15, 0.2) is 18.2 Å². The summed E-state index contributed by atoms with van der Waals surface area (Å²) in [5.74, 6) is 6.63. The Bertz CT molecular complexity index is 465. The van der Waals surface area contributed by atoms with E-state index in [2.05, 4.69) is 13.8 Å². The molecular weight excluding hydrogens is 240 g/mol. The highest BCUT2D eigenvalue weighted by Crippen LogP contribution is 2.33. The van der Waals surface area contributed by atoms with Crippen molar-refractivity contribution in [2.75, 3.05) is 14.2 Å². The van der Waals surface area contributed by atoms with E-state index in [1.54, 1.807) is 14.2 Å². The van der Waals surface area contributed by atoms with E-state index in [0.717, 1.165) is 21.9 Å². The molecule has 4 heteroatoms. The maximum Gasteiger partial charge on any atom is 0.246 e. The van der Waals surface area contributed by atoms with Crippen molar-refractivity contribution in [2.45, 2.75) is 39.0 Å². The first-order valence-corrected chi connectivity index (χ1v) is 6.43. The fourth-order valence-electron chi connectivity index (χ4n) is 2.14. The van der Waals surface area contributed by atoms with Crippen LogP contribution in [-0.2, 0) is 10.2 Å². The van der Waals surface area contributed by atoms with E-state index < -0.39 is 5.41 Å². The number of carbonyl (C=O) groups excluding carboxylic acids is 1. The SMILES string of the molecule is COc1ccc(C(C)(C)C(=O)N(C)N)cc1C(C)C. The number of benzene rings is 1. The smallest absolute Gasteiger partial charge is 0.246 e. The van der Waals surface area contributed by atoms with Gasteiger partial charge in [-0.25, -0.2) is 5.84 Å². The highest BCUT2D eigenvalue weighted by molar-refractivity contribution is 5.86. The lowest BCUT2D eigenvalue weighted by Gasteiger charge is -2.28. The Morgan fingerprint density at radius 1 is 1.37 bits per heavy atom. The number of hydrogen-bond donors (Lipinski definition) is 1. The van der Waals surface area contributed by atoms with Crippen LogP contribution in [0.4, 0.5) is 0 Å². The Morgan fingerprint density at radius 3 is 2.37 bits per heavy atom. The highest BCUT2D eigenvalue weighted by atomic mass is 16.5. The average molecular weight is 264 g/mol. The van der Waals surface area contributed by atoms with E-state index in [9.17, 15) is 4.79 Å². The van der Waals surface area contributed by atoms with Crippen molar-refractivity contribution < 1.29 is 9.53 Å². The van der Waals surface area contributed by atoms with Crippen molar-refractivity contribution in [1.82, 2.24) is 5.01 Å². The molecule has 106 valence electrons. The van der Waals surface area contributed by atoms with Crippen LogP contribution in [0.5, 0.6) is 5.75 Å². The number of nitrogens with zero attached hydrogens (tertiary/aromatic N) is 1. The molecule has 0 spiro atoms. The zero-order valence-corrected chi connectivity index (χ0v) is 12.7. The molecule has 0 radical (unpaired) electrons. The molecule has 0 fully saturated rings. The lowest BCUT2D eigenvalue weighted by molar-refractivity contribution is -0.135. The van der Waals surface area contributed by atoms with Crippen molar-refractivity contribution in [3.8, 4) is 5.75 Å². The van der Waals surface area contributed by atoms with Crippen LogP contribution < -0.4 is 10.6 Å². The molecule has 0 heterocycles. The van der Waals surface area contributed by atoms with E-state index in [1.807, 2.05) is 32.0 Å². The minimum atomic E-state index is -0.653. The molecule has 0 aliphatic heterocycles. The van der Waals surface area contributed by atoms with Gasteiger partial charge in [0, 0.05) is 7.05 Å². The number of methoxy groups -OCH3 is 1. The molecule has 0 aliphatic rings. The van der Waals surface area contributed by atoms with E-state index >= 15 is 0 Å². The average Bonchev–Trinajstić information content (AvgIpc) is 2.36. The Morgan fingerprint density at radius 2 is 1.95 bits per heavy atom. The van der Waals surface area contributed by atoms with Gasteiger partial charge in [-0.15, -0.1) is 0 Å². The fraction of sp³-hybridized carbons (Fsp3) is 0.533. The zero-order valence-electron chi connectivity index (χ0n) is 12.7. The molecule has 1 aromatic rings. The molecule has 0 saturated carbocycles. The number of hydrazine groups is 1. The molecule has 1 rings (SSSR count). The van der Waals surface area contributed by atoms with Crippen LogP contribution in [0.3, 0.4) is 0 Å². The zero-order chi connectivity index (χ0) is 14.8. The van der Waals surface area contributed by atoms with E-state index in [-0.39, 0.29) is 5.91 Å². The summed E-state index contributed by atoms with van der Waals surface area (Å²) in [6.45, 7) is 7.96. The van der Waals surface area contributed by atoms with Gasteiger partial charge in [0.15, 0.2) is 0 Å². The molecule has 0 bridgehead atoms.